The van der Waals surface area contributed by atoms with E-state index >= 15 is 0 Å². The molecule has 0 radical (unpaired) electrons. The van der Waals surface area contributed by atoms with Crippen molar-refractivity contribution >= 4 is 27.0 Å². The number of nitrogens with zero attached hydrogens (tertiary/aromatic N) is 2. The van der Waals surface area contributed by atoms with Gasteiger partial charge in [0.25, 0.3) is 0 Å². The molecule has 1 fully saturated rings. The molecule has 4 heteroatoms. The molecule has 17 heavy (non-hydrogen) atoms. The van der Waals surface area contributed by atoms with Crippen LogP contribution < -0.4 is 5.32 Å². The zero-order valence-electron chi connectivity index (χ0n) is 9.86. The van der Waals surface area contributed by atoms with Crippen molar-refractivity contribution in [2.24, 2.45) is 5.92 Å². The summed E-state index contributed by atoms with van der Waals surface area (Å²) in [7, 11) is 0. The molecule has 1 N–H and O–H groups in total. The molecule has 0 aliphatic carbocycles. The van der Waals surface area contributed by atoms with Crippen LogP contribution >= 0.6 is 15.9 Å². The first-order chi connectivity index (χ1) is 8.22. The first-order valence-corrected chi connectivity index (χ1v) is 6.85. The Morgan fingerprint density at radius 1 is 1.59 bits per heavy atom. The first-order valence-electron chi connectivity index (χ1n) is 6.06. The summed E-state index contributed by atoms with van der Waals surface area (Å²) < 4.78 is 3.31. The highest BCUT2D eigenvalue weighted by Crippen LogP contribution is 2.21. The van der Waals surface area contributed by atoms with Gasteiger partial charge in [-0.05, 0) is 53.9 Å². The predicted octanol–water partition coefficient (Wildman–Crippen LogP) is 2.80. The van der Waals surface area contributed by atoms with E-state index in [2.05, 4.69) is 56.1 Å². The SMILES string of the molecule is C[C@@H]1C[C@@H](Cn2ccc3cc(Br)cnc32)CN1. The van der Waals surface area contributed by atoms with E-state index < -0.39 is 0 Å². The highest BCUT2D eigenvalue weighted by atomic mass is 79.9. The lowest BCUT2D eigenvalue weighted by Gasteiger charge is -2.10. The summed E-state index contributed by atoms with van der Waals surface area (Å²) >= 11 is 3.46. The highest BCUT2D eigenvalue weighted by molar-refractivity contribution is 9.10. The van der Waals surface area contributed by atoms with Crippen molar-refractivity contribution in [3.63, 3.8) is 0 Å². The van der Waals surface area contributed by atoms with E-state index in [1.165, 1.54) is 11.8 Å². The van der Waals surface area contributed by atoms with Gasteiger partial charge in [0.1, 0.15) is 5.65 Å². The quantitative estimate of drug-likeness (QED) is 0.923. The van der Waals surface area contributed by atoms with Crippen LogP contribution in [-0.4, -0.2) is 22.1 Å². The molecule has 2 aromatic rings. The van der Waals surface area contributed by atoms with Gasteiger partial charge < -0.3 is 9.88 Å². The number of aromatic nitrogens is 2. The van der Waals surface area contributed by atoms with Crippen molar-refractivity contribution in [1.29, 1.82) is 0 Å². The molecule has 1 aliphatic heterocycles. The minimum absolute atomic E-state index is 0.656. The number of pyridine rings is 1. The summed E-state index contributed by atoms with van der Waals surface area (Å²) in [6, 6.07) is 4.91. The maximum Gasteiger partial charge on any atom is 0.139 e. The number of hydrogen-bond acceptors (Lipinski definition) is 2. The number of fused-ring (bicyclic) bond motifs is 1. The lowest BCUT2D eigenvalue weighted by molar-refractivity contribution is 0.481. The topological polar surface area (TPSA) is 29.9 Å². The Balaban J connectivity index is 1.85. The number of halogens is 1. The normalized spacial score (nSPS) is 24.6. The Morgan fingerprint density at radius 2 is 2.47 bits per heavy atom. The number of hydrogen-bond donors (Lipinski definition) is 1. The van der Waals surface area contributed by atoms with Crippen LogP contribution in [-0.2, 0) is 6.54 Å². The van der Waals surface area contributed by atoms with E-state index in [9.17, 15) is 0 Å². The molecule has 3 nitrogen and oxygen atoms in total. The van der Waals surface area contributed by atoms with E-state index in [1.54, 1.807) is 0 Å². The third-order valence-corrected chi connectivity index (χ3v) is 3.90. The van der Waals surface area contributed by atoms with Crippen molar-refractivity contribution in [3.05, 3.63) is 29.0 Å². The van der Waals surface area contributed by atoms with Crippen molar-refractivity contribution in [2.75, 3.05) is 6.54 Å². The first kappa shape index (κ1) is 11.2. The molecule has 90 valence electrons. The number of nitrogens with one attached hydrogen (secondary N) is 1. The predicted molar refractivity (Wildman–Crippen MR) is 73.0 cm³/mol. The smallest absolute Gasteiger partial charge is 0.139 e. The van der Waals surface area contributed by atoms with E-state index in [0.717, 1.165) is 29.1 Å². The van der Waals surface area contributed by atoms with Gasteiger partial charge in [0, 0.05) is 34.8 Å². The minimum atomic E-state index is 0.656. The zero-order valence-corrected chi connectivity index (χ0v) is 11.4. The summed E-state index contributed by atoms with van der Waals surface area (Å²) in [5.41, 5.74) is 1.09. The van der Waals surface area contributed by atoms with Crippen molar-refractivity contribution in [3.8, 4) is 0 Å². The van der Waals surface area contributed by atoms with E-state index in [-0.39, 0.29) is 0 Å². The molecule has 0 unspecified atom stereocenters. The largest absolute Gasteiger partial charge is 0.332 e. The van der Waals surface area contributed by atoms with Crippen LogP contribution in [0.15, 0.2) is 29.0 Å². The van der Waals surface area contributed by atoms with Crippen molar-refractivity contribution in [2.45, 2.75) is 25.9 Å². The van der Waals surface area contributed by atoms with Crippen molar-refractivity contribution in [1.82, 2.24) is 14.9 Å². The van der Waals surface area contributed by atoms with Gasteiger partial charge in [-0.15, -0.1) is 0 Å². The van der Waals surface area contributed by atoms with Gasteiger partial charge >= 0.3 is 0 Å². The summed E-state index contributed by atoms with van der Waals surface area (Å²) in [5.74, 6) is 0.728. The summed E-state index contributed by atoms with van der Waals surface area (Å²) in [6.45, 7) is 4.44. The van der Waals surface area contributed by atoms with Gasteiger partial charge in [0.15, 0.2) is 0 Å². The van der Waals surface area contributed by atoms with E-state index in [4.69, 9.17) is 0 Å². The molecule has 0 aromatic carbocycles. The fourth-order valence-electron chi connectivity index (χ4n) is 2.65. The summed E-state index contributed by atoms with van der Waals surface area (Å²) in [4.78, 5) is 4.50. The van der Waals surface area contributed by atoms with E-state index in [0.29, 0.717) is 6.04 Å². The Hall–Kier alpha value is -0.870. The minimum Gasteiger partial charge on any atom is -0.332 e. The maximum absolute atomic E-state index is 4.50. The standard InChI is InChI=1S/C13H16BrN3/c1-9-4-10(6-15-9)8-17-3-2-11-5-12(14)7-16-13(11)17/h2-3,5,7,9-10,15H,4,6,8H2,1H3/t9-,10-/m1/s1. The third kappa shape index (κ3) is 2.24. The Labute approximate surface area is 109 Å². The molecule has 0 amide bonds. The Morgan fingerprint density at radius 3 is 3.24 bits per heavy atom. The molecule has 0 spiro atoms. The third-order valence-electron chi connectivity index (χ3n) is 3.46. The van der Waals surface area contributed by atoms with Gasteiger partial charge in [-0.25, -0.2) is 4.98 Å². The molecule has 3 rings (SSSR count). The van der Waals surface area contributed by atoms with Crippen LogP contribution in [0.3, 0.4) is 0 Å². The van der Waals surface area contributed by atoms with Crippen LogP contribution in [0.1, 0.15) is 13.3 Å². The van der Waals surface area contributed by atoms with Crippen LogP contribution in [0.5, 0.6) is 0 Å². The fraction of sp³-hybridized carbons (Fsp3) is 0.462. The molecular weight excluding hydrogens is 278 g/mol. The second-order valence-electron chi connectivity index (χ2n) is 4.95. The summed E-state index contributed by atoms with van der Waals surface area (Å²) in [5, 5.41) is 4.70. The number of rotatable bonds is 2. The van der Waals surface area contributed by atoms with Gasteiger partial charge in [0.2, 0.25) is 0 Å². The lowest BCUT2D eigenvalue weighted by atomic mass is 10.1. The van der Waals surface area contributed by atoms with Crippen LogP contribution in [0.2, 0.25) is 0 Å². The highest BCUT2D eigenvalue weighted by Gasteiger charge is 2.21. The maximum atomic E-state index is 4.50. The molecule has 2 aromatic heterocycles. The molecule has 3 heterocycles. The second kappa shape index (κ2) is 4.42. The molecule has 1 aliphatic rings. The van der Waals surface area contributed by atoms with Crippen LogP contribution in [0.25, 0.3) is 11.0 Å². The fourth-order valence-corrected chi connectivity index (χ4v) is 3.00. The van der Waals surface area contributed by atoms with Crippen molar-refractivity contribution < 1.29 is 0 Å². The Kier molecular flexibility index (Phi) is 2.92. The summed E-state index contributed by atoms with van der Waals surface area (Å²) in [6.07, 6.45) is 5.28. The monoisotopic (exact) mass is 293 g/mol. The van der Waals surface area contributed by atoms with Crippen LogP contribution in [0.4, 0.5) is 0 Å². The van der Waals surface area contributed by atoms with Gasteiger partial charge in [-0.1, -0.05) is 0 Å². The van der Waals surface area contributed by atoms with Gasteiger partial charge in [-0.2, -0.15) is 0 Å². The zero-order chi connectivity index (χ0) is 11.8. The molecular formula is C13H16BrN3. The average Bonchev–Trinajstić information content (AvgIpc) is 2.86. The van der Waals surface area contributed by atoms with Gasteiger partial charge in [-0.3, -0.25) is 0 Å². The average molecular weight is 294 g/mol. The molecule has 1 saturated heterocycles. The molecule has 2 atom stereocenters. The van der Waals surface area contributed by atoms with Crippen LogP contribution in [0, 0.1) is 5.92 Å². The Bertz CT molecular complexity index is 534. The van der Waals surface area contributed by atoms with E-state index in [1.807, 2.05) is 6.20 Å². The second-order valence-corrected chi connectivity index (χ2v) is 5.86. The lowest BCUT2D eigenvalue weighted by Crippen LogP contribution is -2.17. The van der Waals surface area contributed by atoms with Gasteiger partial charge in [0.05, 0.1) is 0 Å². The molecule has 0 bridgehead atoms. The molecule has 0 saturated carbocycles.